The van der Waals surface area contributed by atoms with Crippen molar-refractivity contribution in [3.8, 4) is 11.1 Å². The van der Waals surface area contributed by atoms with Crippen LogP contribution in [0.3, 0.4) is 0 Å². The molecule has 0 radical (unpaired) electrons. The highest BCUT2D eigenvalue weighted by atomic mass is 28.3. The molecule has 7 aromatic rings. The predicted molar refractivity (Wildman–Crippen MR) is 245 cm³/mol. The van der Waals surface area contributed by atoms with Gasteiger partial charge in [0.05, 0.1) is 0 Å². The molecule has 0 amide bonds. The molecule has 0 saturated carbocycles. The maximum absolute atomic E-state index is 2.59. The summed E-state index contributed by atoms with van der Waals surface area (Å²) < 4.78 is 0. The average molecular weight is 741 g/mol. The van der Waals surface area contributed by atoms with Crippen molar-refractivity contribution in [2.24, 2.45) is 0 Å². The van der Waals surface area contributed by atoms with Gasteiger partial charge >= 0.3 is 0 Å². The Hall–Kier alpha value is -5.58. The summed E-state index contributed by atoms with van der Waals surface area (Å²) in [5.74, 6) is 0. The summed E-state index contributed by atoms with van der Waals surface area (Å²) in [6.07, 6.45) is 0. The van der Waals surface area contributed by atoms with E-state index in [2.05, 4.69) is 216 Å². The molecule has 1 unspecified atom stereocenters. The Morgan fingerprint density at radius 2 is 0.875 bits per heavy atom. The fourth-order valence-electron chi connectivity index (χ4n) is 9.95. The maximum Gasteiger partial charge on any atom is 0.251 e. The molecule has 3 aliphatic heterocycles. The van der Waals surface area contributed by atoms with Crippen molar-refractivity contribution in [2.45, 2.75) is 65.8 Å². The lowest BCUT2D eigenvalue weighted by atomic mass is 9.33. The van der Waals surface area contributed by atoms with Gasteiger partial charge in [0.2, 0.25) is 0 Å². The number of hydrogen-bond acceptors (Lipinski definition) is 2. The van der Waals surface area contributed by atoms with Crippen LogP contribution in [0.4, 0.5) is 34.1 Å². The maximum atomic E-state index is 2.59. The number of benzene rings is 7. The van der Waals surface area contributed by atoms with Crippen molar-refractivity contribution in [1.29, 1.82) is 0 Å². The fourth-order valence-corrected chi connectivity index (χ4v) is 14.2. The topological polar surface area (TPSA) is 6.48 Å². The lowest BCUT2D eigenvalue weighted by Crippen LogP contribution is -2.83. The van der Waals surface area contributed by atoms with E-state index in [1.807, 2.05) is 0 Å². The summed E-state index contributed by atoms with van der Waals surface area (Å²) >= 11 is 0. The van der Waals surface area contributed by atoms with Gasteiger partial charge in [0, 0.05) is 34.1 Å². The van der Waals surface area contributed by atoms with Gasteiger partial charge in [-0.1, -0.05) is 162 Å². The number of aryl methyl sites for hydroxylation is 1. The molecule has 1 atom stereocenters. The number of anilines is 6. The Labute approximate surface area is 334 Å². The summed E-state index contributed by atoms with van der Waals surface area (Å²) in [6.45, 7) is 18.7. The van der Waals surface area contributed by atoms with Gasteiger partial charge in [0.15, 0.2) is 0 Å². The minimum absolute atomic E-state index is 0.0784. The summed E-state index contributed by atoms with van der Waals surface area (Å²) in [6, 6.07) is 58.4. The fraction of sp³-hybridized carbons (Fsp3) is 0.192. The van der Waals surface area contributed by atoms with E-state index in [0.717, 1.165) is 0 Å². The summed E-state index contributed by atoms with van der Waals surface area (Å²) in [4.78, 5) is 5.15. The van der Waals surface area contributed by atoms with Gasteiger partial charge in [-0.15, -0.1) is 0 Å². The largest absolute Gasteiger partial charge is 0.311 e. The molecule has 274 valence electrons. The van der Waals surface area contributed by atoms with E-state index in [0.29, 0.717) is 0 Å². The van der Waals surface area contributed by atoms with Gasteiger partial charge in [-0.05, 0) is 116 Å². The van der Waals surface area contributed by atoms with E-state index in [-0.39, 0.29) is 17.5 Å². The zero-order valence-corrected chi connectivity index (χ0v) is 34.9. The van der Waals surface area contributed by atoms with Crippen molar-refractivity contribution < 1.29 is 0 Å². The Balaban J connectivity index is 1.23. The van der Waals surface area contributed by atoms with E-state index in [4.69, 9.17) is 0 Å². The average Bonchev–Trinajstić information content (AvgIpc) is 3.19. The van der Waals surface area contributed by atoms with Crippen LogP contribution in [0, 0.1) is 6.92 Å². The SMILES string of the molecule is Cc1cc2c3c(c1)N(c1ccc(C(C)(C)C)cc1)c1cccc4c1B3c1c(cccc1[Si]4(C)c1ccccc1)N2c1ccc(-c2ccc(C(C)(C)C)cc2)cc1. The van der Waals surface area contributed by atoms with Crippen molar-refractivity contribution >= 4 is 80.9 Å². The number of nitrogens with zero attached hydrogens (tertiary/aromatic N) is 2. The first kappa shape index (κ1) is 34.9. The van der Waals surface area contributed by atoms with Crippen LogP contribution in [0.25, 0.3) is 11.1 Å². The van der Waals surface area contributed by atoms with E-state index in [1.165, 1.54) is 93.9 Å². The number of rotatable bonds is 4. The smallest absolute Gasteiger partial charge is 0.251 e. The molecule has 0 aliphatic carbocycles. The number of hydrogen-bond donors (Lipinski definition) is 0. The molecular weight excluding hydrogens is 691 g/mol. The molecule has 0 bridgehead atoms. The molecule has 10 rings (SSSR count). The van der Waals surface area contributed by atoms with Crippen LogP contribution in [0.1, 0.15) is 58.2 Å². The van der Waals surface area contributed by atoms with Crippen LogP contribution >= 0.6 is 0 Å². The zero-order valence-electron chi connectivity index (χ0n) is 33.9. The Bertz CT molecular complexity index is 2670. The molecule has 3 aliphatic rings. The Morgan fingerprint density at radius 3 is 1.34 bits per heavy atom. The molecule has 56 heavy (non-hydrogen) atoms. The van der Waals surface area contributed by atoms with E-state index in [1.54, 1.807) is 0 Å². The highest BCUT2D eigenvalue weighted by Gasteiger charge is 2.53. The predicted octanol–water partition coefficient (Wildman–Crippen LogP) is 9.75. The van der Waals surface area contributed by atoms with Gasteiger partial charge in [0.25, 0.3) is 6.71 Å². The molecule has 4 heteroatoms. The van der Waals surface area contributed by atoms with Crippen molar-refractivity contribution in [2.75, 3.05) is 9.80 Å². The first-order valence-electron chi connectivity index (χ1n) is 20.2. The van der Waals surface area contributed by atoms with Crippen LogP contribution < -0.4 is 41.7 Å². The monoisotopic (exact) mass is 740 g/mol. The van der Waals surface area contributed by atoms with Crippen molar-refractivity contribution in [3.63, 3.8) is 0 Å². The third kappa shape index (κ3) is 5.08. The van der Waals surface area contributed by atoms with E-state index < -0.39 is 8.07 Å². The van der Waals surface area contributed by atoms with Gasteiger partial charge in [-0.25, -0.2) is 0 Å². The zero-order chi connectivity index (χ0) is 38.7. The van der Waals surface area contributed by atoms with Crippen LogP contribution in [0.15, 0.2) is 152 Å². The lowest BCUT2D eigenvalue weighted by Gasteiger charge is -2.50. The normalized spacial score (nSPS) is 16.5. The lowest BCUT2D eigenvalue weighted by molar-refractivity contribution is 0.590. The van der Waals surface area contributed by atoms with Gasteiger partial charge in [-0.2, -0.15) is 0 Å². The quantitative estimate of drug-likeness (QED) is 0.166. The second-order valence-electron chi connectivity index (χ2n) is 18.5. The highest BCUT2D eigenvalue weighted by Crippen LogP contribution is 2.45. The van der Waals surface area contributed by atoms with Gasteiger partial charge < -0.3 is 9.80 Å². The van der Waals surface area contributed by atoms with Gasteiger partial charge in [0.1, 0.15) is 8.07 Å². The second-order valence-corrected chi connectivity index (χ2v) is 22.4. The molecule has 0 fully saturated rings. The van der Waals surface area contributed by atoms with Crippen molar-refractivity contribution in [3.05, 3.63) is 168 Å². The highest BCUT2D eigenvalue weighted by molar-refractivity contribution is 7.21. The molecule has 0 N–H and O–H groups in total. The van der Waals surface area contributed by atoms with Crippen molar-refractivity contribution in [1.82, 2.24) is 0 Å². The molecule has 7 aromatic carbocycles. The molecule has 0 saturated heterocycles. The summed E-state index contributed by atoms with van der Waals surface area (Å²) in [5.41, 5.74) is 18.6. The molecule has 0 aromatic heterocycles. The second kappa shape index (κ2) is 12.2. The Kier molecular flexibility index (Phi) is 7.60. The third-order valence-electron chi connectivity index (χ3n) is 12.9. The molecular formula is C52H49BN2Si. The minimum Gasteiger partial charge on any atom is -0.311 e. The van der Waals surface area contributed by atoms with E-state index in [9.17, 15) is 0 Å². The third-order valence-corrected chi connectivity index (χ3v) is 17.4. The first-order valence-corrected chi connectivity index (χ1v) is 22.7. The van der Waals surface area contributed by atoms with Crippen LogP contribution in [0.5, 0.6) is 0 Å². The Morgan fingerprint density at radius 1 is 0.446 bits per heavy atom. The van der Waals surface area contributed by atoms with Crippen LogP contribution in [-0.4, -0.2) is 14.8 Å². The van der Waals surface area contributed by atoms with E-state index >= 15 is 0 Å². The van der Waals surface area contributed by atoms with Crippen LogP contribution in [0.2, 0.25) is 6.55 Å². The summed E-state index contributed by atoms with van der Waals surface area (Å²) in [5, 5.41) is 4.51. The standard InChI is InChI=1S/C52H49BN2Si/c1-34-32-44-48-45(33-34)55(40-30-26-38(27-31-40)52(5,6)7)43-17-13-19-47-50(43)53(48)49-42(16-12-18-46(49)56(47,8)41-14-10-9-11-15-41)54(44)39-28-22-36(23-29-39)35-20-24-37(25-21-35)51(2,3)4/h9-33H,1-8H3. The van der Waals surface area contributed by atoms with Gasteiger partial charge in [-0.3, -0.25) is 0 Å². The minimum atomic E-state index is -2.46. The summed E-state index contributed by atoms with van der Waals surface area (Å²) in [7, 11) is -2.46. The molecule has 0 spiro atoms. The molecule has 3 heterocycles. The first-order chi connectivity index (χ1) is 26.8. The molecule has 2 nitrogen and oxygen atoms in total. The van der Waals surface area contributed by atoms with Crippen LogP contribution in [-0.2, 0) is 10.8 Å².